The number of carboxylic acid groups (broad SMARTS) is 1. The Hall–Kier alpha value is -5.62. The zero-order chi connectivity index (χ0) is 37.0. The summed E-state index contributed by atoms with van der Waals surface area (Å²) in [4.78, 5) is 43.3. The minimum Gasteiger partial charge on any atom is -0.497 e. The second kappa shape index (κ2) is 14.9. The van der Waals surface area contributed by atoms with Crippen molar-refractivity contribution < 1.29 is 46.1 Å². The summed E-state index contributed by atoms with van der Waals surface area (Å²) < 4.78 is 60.8. The Morgan fingerprint density at radius 2 is 1.72 bits per heavy atom. The molecule has 5 aromatic rings. The van der Waals surface area contributed by atoms with Crippen molar-refractivity contribution in [2.45, 2.75) is 32.9 Å². The lowest BCUT2D eigenvalue weighted by Gasteiger charge is -2.28. The van der Waals surface area contributed by atoms with Gasteiger partial charge in [0.25, 0.3) is 11.5 Å². The third-order valence-corrected chi connectivity index (χ3v) is 7.88. The normalized spacial score (nSPS) is 13.0. The van der Waals surface area contributed by atoms with Gasteiger partial charge in [0.05, 0.1) is 24.0 Å². The number of rotatable bonds is 10. The Labute approximate surface area is 285 Å². The highest BCUT2D eigenvalue weighted by atomic mass is 32.3. The fraction of sp³-hybridized carbons (Fsp3) is 0.212. The van der Waals surface area contributed by atoms with Crippen LogP contribution in [0, 0.1) is 18.7 Å². The maximum atomic E-state index is 15.2. The molecule has 264 valence electrons. The standard InChI is InChI=1S/C33H32FN5O6.H2O4S/c1-19(33(3,35)32(42)43)18-38-20(2)29(31(41)39(38)22-8-6-5-7-9-22)30(40)37-21-10-13-28(25(34)16-21)45-27-14-15-36-26-17-23(44-4)11-12-24(26)27;1-5(2,3)4/h5-17,19H,18,35H2,1-4H3,(H,37,40)(H,42,43);(H2,1,2,3,4)/t19-,33-;/m0./s1. The van der Waals surface area contributed by atoms with Gasteiger partial charge < -0.3 is 25.6 Å². The second-order valence-corrected chi connectivity index (χ2v) is 12.2. The molecule has 2 heterocycles. The minimum atomic E-state index is -4.67. The Bertz CT molecular complexity index is 2210. The number of pyridine rings is 1. The van der Waals surface area contributed by atoms with E-state index in [0.717, 1.165) is 6.07 Å². The monoisotopic (exact) mass is 711 g/mol. The Kier molecular flexibility index (Phi) is 11.1. The number of carbonyl (C=O) groups is 2. The van der Waals surface area contributed by atoms with E-state index in [9.17, 15) is 19.5 Å². The summed E-state index contributed by atoms with van der Waals surface area (Å²) in [6, 6.07) is 19.4. The van der Waals surface area contributed by atoms with Crippen molar-refractivity contribution in [1.82, 2.24) is 14.3 Å². The van der Waals surface area contributed by atoms with Crippen LogP contribution in [0.4, 0.5) is 10.1 Å². The summed E-state index contributed by atoms with van der Waals surface area (Å²) in [5, 5.41) is 12.9. The minimum absolute atomic E-state index is 0.0275. The first kappa shape index (κ1) is 37.2. The zero-order valence-corrected chi connectivity index (χ0v) is 28.0. The molecular formula is C33H34FN5O10S. The van der Waals surface area contributed by atoms with Crippen molar-refractivity contribution in [3.05, 3.63) is 106 Å². The average molecular weight is 712 g/mol. The molecule has 0 bridgehead atoms. The van der Waals surface area contributed by atoms with Crippen molar-refractivity contribution in [3.63, 3.8) is 0 Å². The van der Waals surface area contributed by atoms with Gasteiger partial charge in [-0.3, -0.25) is 33.2 Å². The molecule has 0 aliphatic heterocycles. The summed E-state index contributed by atoms with van der Waals surface area (Å²) in [5.74, 6) is -2.42. The number of halogens is 1. The molecule has 15 nitrogen and oxygen atoms in total. The molecule has 5 rings (SSSR count). The summed E-state index contributed by atoms with van der Waals surface area (Å²) in [6.45, 7) is 4.67. The molecule has 0 spiro atoms. The first-order valence-corrected chi connectivity index (χ1v) is 16.1. The lowest BCUT2D eigenvalue weighted by atomic mass is 9.88. The Morgan fingerprint density at radius 3 is 2.32 bits per heavy atom. The number of nitrogens with two attached hydrogens (primary N) is 1. The number of hydrogen-bond acceptors (Lipinski definition) is 9. The SMILES string of the molecule is COc1ccc2c(Oc3ccc(NC(=O)c4c(C)n(C[C@H](C)[C@](C)(N)C(=O)O)n(-c5ccccc5)c4=O)cc3F)ccnc2c1.O=S(=O)(O)O. The van der Waals surface area contributed by atoms with Crippen molar-refractivity contribution in [2.75, 3.05) is 12.4 Å². The van der Waals surface area contributed by atoms with Gasteiger partial charge >= 0.3 is 16.4 Å². The van der Waals surface area contributed by atoms with Gasteiger partial charge in [0.15, 0.2) is 11.6 Å². The molecule has 50 heavy (non-hydrogen) atoms. The Balaban J connectivity index is 0.00000105. The van der Waals surface area contributed by atoms with Crippen molar-refractivity contribution in [2.24, 2.45) is 11.7 Å². The largest absolute Gasteiger partial charge is 0.497 e. The smallest absolute Gasteiger partial charge is 0.394 e. The molecule has 2 atom stereocenters. The van der Waals surface area contributed by atoms with Crippen LogP contribution in [-0.4, -0.2) is 61.5 Å². The number of para-hydroxylation sites is 1. The molecule has 17 heteroatoms. The van der Waals surface area contributed by atoms with Gasteiger partial charge in [0, 0.05) is 41.9 Å². The van der Waals surface area contributed by atoms with Crippen LogP contribution in [-0.2, 0) is 21.7 Å². The number of hydrogen-bond donors (Lipinski definition) is 5. The average Bonchev–Trinajstić information content (AvgIpc) is 3.29. The van der Waals surface area contributed by atoms with Crippen LogP contribution in [0.1, 0.15) is 29.9 Å². The van der Waals surface area contributed by atoms with E-state index in [0.29, 0.717) is 28.1 Å². The van der Waals surface area contributed by atoms with E-state index in [1.165, 1.54) is 34.6 Å². The molecule has 2 aromatic heterocycles. The van der Waals surface area contributed by atoms with E-state index in [1.807, 2.05) is 0 Å². The van der Waals surface area contributed by atoms with Gasteiger partial charge in [0.2, 0.25) is 0 Å². The number of nitrogens with one attached hydrogen (secondary N) is 1. The van der Waals surface area contributed by atoms with Gasteiger partial charge in [-0.25, -0.2) is 9.07 Å². The quantitative estimate of drug-likeness (QED) is 0.127. The van der Waals surface area contributed by atoms with Crippen LogP contribution >= 0.6 is 0 Å². The number of benzene rings is 3. The molecule has 0 aliphatic carbocycles. The predicted molar refractivity (Wildman–Crippen MR) is 181 cm³/mol. The number of aromatic nitrogens is 3. The molecular weight excluding hydrogens is 677 g/mol. The maximum absolute atomic E-state index is 15.2. The van der Waals surface area contributed by atoms with Crippen LogP contribution in [0.5, 0.6) is 17.2 Å². The number of aliphatic carboxylic acids is 1. The number of fused-ring (bicyclic) bond motifs is 1. The van der Waals surface area contributed by atoms with Crippen LogP contribution in [0.15, 0.2) is 83.8 Å². The summed E-state index contributed by atoms with van der Waals surface area (Å²) in [6.07, 6.45) is 1.54. The summed E-state index contributed by atoms with van der Waals surface area (Å²) in [5.41, 5.74) is 5.13. The van der Waals surface area contributed by atoms with E-state index in [1.54, 1.807) is 75.6 Å². The van der Waals surface area contributed by atoms with Gasteiger partial charge in [-0.15, -0.1) is 0 Å². The van der Waals surface area contributed by atoms with Crippen molar-refractivity contribution in [1.29, 1.82) is 0 Å². The highest BCUT2D eigenvalue weighted by Gasteiger charge is 2.36. The molecule has 6 N–H and O–H groups in total. The third kappa shape index (κ3) is 8.50. The van der Waals surface area contributed by atoms with E-state index < -0.39 is 45.1 Å². The molecule has 0 saturated heterocycles. The number of ether oxygens (including phenoxy) is 2. The highest BCUT2D eigenvalue weighted by Crippen LogP contribution is 2.33. The molecule has 3 aromatic carbocycles. The Morgan fingerprint density at radius 1 is 1.06 bits per heavy atom. The zero-order valence-electron chi connectivity index (χ0n) is 27.2. The van der Waals surface area contributed by atoms with E-state index >= 15 is 4.39 Å². The van der Waals surface area contributed by atoms with E-state index in [2.05, 4.69) is 10.3 Å². The lowest BCUT2D eigenvalue weighted by Crippen LogP contribution is -2.52. The molecule has 0 saturated carbocycles. The fourth-order valence-electron chi connectivity index (χ4n) is 4.91. The topological polar surface area (TPSA) is 225 Å². The molecule has 0 fully saturated rings. The maximum Gasteiger partial charge on any atom is 0.394 e. The number of methoxy groups -OCH3 is 1. The molecule has 0 radical (unpaired) electrons. The van der Waals surface area contributed by atoms with Crippen LogP contribution < -0.4 is 26.1 Å². The van der Waals surface area contributed by atoms with Crippen LogP contribution in [0.2, 0.25) is 0 Å². The first-order chi connectivity index (χ1) is 23.4. The van der Waals surface area contributed by atoms with E-state index in [4.69, 9.17) is 32.7 Å². The predicted octanol–water partition coefficient (Wildman–Crippen LogP) is 4.47. The van der Waals surface area contributed by atoms with Gasteiger partial charge in [-0.1, -0.05) is 25.1 Å². The molecule has 0 aliphatic rings. The van der Waals surface area contributed by atoms with Crippen molar-refractivity contribution in [3.8, 4) is 22.9 Å². The number of anilines is 1. The van der Waals surface area contributed by atoms with Crippen molar-refractivity contribution >= 4 is 38.9 Å². The lowest BCUT2D eigenvalue weighted by molar-refractivity contribution is -0.144. The van der Waals surface area contributed by atoms with Crippen LogP contribution in [0.3, 0.4) is 0 Å². The molecule has 0 unspecified atom stereocenters. The number of nitrogens with zero attached hydrogens (tertiary/aromatic N) is 3. The second-order valence-electron chi connectivity index (χ2n) is 11.3. The summed E-state index contributed by atoms with van der Waals surface area (Å²) in [7, 11) is -3.12. The highest BCUT2D eigenvalue weighted by molar-refractivity contribution is 7.79. The first-order valence-electron chi connectivity index (χ1n) is 14.7. The fourth-order valence-corrected chi connectivity index (χ4v) is 4.91. The van der Waals surface area contributed by atoms with Crippen LogP contribution in [0.25, 0.3) is 16.6 Å². The van der Waals surface area contributed by atoms with Gasteiger partial charge in [-0.2, -0.15) is 8.42 Å². The number of amides is 1. The third-order valence-electron chi connectivity index (χ3n) is 7.88. The number of carbonyl (C=O) groups excluding carboxylic acids is 1. The number of carboxylic acids is 1. The molecule has 1 amide bonds. The summed E-state index contributed by atoms with van der Waals surface area (Å²) >= 11 is 0. The van der Waals surface area contributed by atoms with E-state index in [-0.39, 0.29) is 29.2 Å². The van der Waals surface area contributed by atoms with Gasteiger partial charge in [-0.05, 0) is 56.3 Å². The van der Waals surface area contributed by atoms with Gasteiger partial charge in [0.1, 0.15) is 22.6 Å².